The topological polar surface area (TPSA) is 299 Å². The van der Waals surface area contributed by atoms with Gasteiger partial charge in [0.25, 0.3) is 11.6 Å². The molecular formula is C80H96ClMgN4NaO20. The van der Waals surface area contributed by atoms with Gasteiger partial charge in [0.2, 0.25) is 0 Å². The van der Waals surface area contributed by atoms with Crippen molar-refractivity contribution in [3.8, 4) is 0 Å². The number of amides is 3. The first kappa shape index (κ1) is 91.0. The molecule has 3 amide bonds. The molecule has 566 valence electrons. The molecule has 6 saturated heterocycles. The number of benzene rings is 5. The van der Waals surface area contributed by atoms with Gasteiger partial charge in [-0.05, 0) is 106 Å². The minimum Gasteiger partial charge on any atom is -1.00 e. The Morgan fingerprint density at radius 1 is 0.449 bits per heavy atom. The predicted molar refractivity (Wildman–Crippen MR) is 385 cm³/mol. The number of nitrogens with zero attached hydrogens (tertiary/aromatic N) is 3. The molecule has 0 spiro atoms. The van der Waals surface area contributed by atoms with Gasteiger partial charge in [0.15, 0.2) is 5.79 Å². The van der Waals surface area contributed by atoms with E-state index in [1.807, 2.05) is 152 Å². The maximum absolute atomic E-state index is 13.0. The van der Waals surface area contributed by atoms with Gasteiger partial charge >= 0.3 is 101 Å². The number of hydrogen-bond donors (Lipinski definition) is 1. The molecule has 1 atom stereocenters. The van der Waals surface area contributed by atoms with Crippen molar-refractivity contribution < 1.29 is 138 Å². The second kappa shape index (κ2) is 45.4. The van der Waals surface area contributed by atoms with Gasteiger partial charge in [-0.25, -0.2) is 28.8 Å². The minimum absolute atomic E-state index is 0. The second-order valence-corrected chi connectivity index (χ2v) is 27.0. The number of cyclic esters (lactones) is 5. The van der Waals surface area contributed by atoms with Gasteiger partial charge in [-0.2, -0.15) is 24.6 Å². The Labute approximate surface area is 671 Å². The largest absolute Gasteiger partial charge is 2.00 e. The number of rotatable bonds is 9. The number of Topliss-reactive ketones (excluding diaryl/α,β-unsaturated/α-hetero) is 2. The fraction of sp³-hybridized carbons (Fsp3) is 0.438. The number of carbonyl (C=O) groups excluding carboxylic acids is 10. The third-order valence-corrected chi connectivity index (χ3v) is 17.1. The Balaban J connectivity index is 0.000000294. The number of ether oxygens (including phenoxy) is 9. The van der Waals surface area contributed by atoms with E-state index in [1.165, 1.54) is 27.7 Å². The van der Waals surface area contributed by atoms with Crippen molar-refractivity contribution in [2.75, 3.05) is 52.4 Å². The van der Waals surface area contributed by atoms with Gasteiger partial charge in [-0.3, -0.25) is 19.2 Å². The van der Waals surface area contributed by atoms with E-state index in [2.05, 4.69) is 21.7 Å². The summed E-state index contributed by atoms with van der Waals surface area (Å²) in [6.45, 7) is 18.3. The summed E-state index contributed by atoms with van der Waals surface area (Å²) in [4.78, 5) is 122. The summed E-state index contributed by atoms with van der Waals surface area (Å²) in [7, 11) is 0. The van der Waals surface area contributed by atoms with Gasteiger partial charge in [0.1, 0.15) is 43.4 Å². The van der Waals surface area contributed by atoms with Gasteiger partial charge in [-0.1, -0.05) is 127 Å². The van der Waals surface area contributed by atoms with Crippen molar-refractivity contribution in [2.24, 2.45) is 5.41 Å². The monoisotopic (exact) mass is 1510 g/mol. The van der Waals surface area contributed by atoms with Crippen molar-refractivity contribution in [1.82, 2.24) is 20.0 Å². The van der Waals surface area contributed by atoms with Crippen LogP contribution in [0.2, 0.25) is 0 Å². The van der Waals surface area contributed by atoms with Gasteiger partial charge in [-0.15, -0.1) is 12.1 Å². The first-order valence-electron chi connectivity index (χ1n) is 35.2. The van der Waals surface area contributed by atoms with Crippen molar-refractivity contribution >= 4 is 82.7 Å². The molecule has 0 aliphatic carbocycles. The van der Waals surface area contributed by atoms with E-state index in [-0.39, 0.29) is 114 Å². The molecule has 5 aromatic rings. The third-order valence-electron chi connectivity index (χ3n) is 17.1. The normalized spacial score (nSPS) is 19.3. The first-order valence-corrected chi connectivity index (χ1v) is 35.2. The average molecular weight is 1520 g/mol. The second-order valence-electron chi connectivity index (χ2n) is 27.0. The zero-order valence-corrected chi connectivity index (χ0v) is 66.6. The molecule has 7 aliphatic rings. The number of ketones is 2. The molecule has 6 fully saturated rings. The van der Waals surface area contributed by atoms with Crippen LogP contribution in [-0.4, -0.2) is 167 Å². The molecule has 107 heavy (non-hydrogen) atoms. The Morgan fingerprint density at radius 2 is 0.841 bits per heavy atom. The number of esters is 5. The third kappa shape index (κ3) is 31.7. The molecule has 7 aliphatic heterocycles. The van der Waals surface area contributed by atoms with Crippen molar-refractivity contribution in [3.05, 3.63) is 209 Å². The number of halogens is 1. The molecule has 1 unspecified atom stereocenters. The van der Waals surface area contributed by atoms with E-state index in [0.29, 0.717) is 108 Å². The molecule has 0 aromatic heterocycles. The Bertz CT molecular complexity index is 3730. The van der Waals surface area contributed by atoms with Crippen LogP contribution in [0.5, 0.6) is 0 Å². The van der Waals surface area contributed by atoms with Crippen LogP contribution in [0.1, 0.15) is 153 Å². The molecule has 1 N–H and O–H groups in total. The van der Waals surface area contributed by atoms with Crippen LogP contribution >= 0.6 is 0 Å². The summed E-state index contributed by atoms with van der Waals surface area (Å²) in [5.41, 5.74) is 4.73. The summed E-state index contributed by atoms with van der Waals surface area (Å²) in [5.74, 6) is -6.65. The fourth-order valence-electron chi connectivity index (χ4n) is 12.0. The van der Waals surface area contributed by atoms with Crippen LogP contribution in [0.4, 0.5) is 14.4 Å². The van der Waals surface area contributed by atoms with Gasteiger partial charge in [0.05, 0.1) is 11.5 Å². The van der Waals surface area contributed by atoms with Crippen LogP contribution < -0.4 is 52.4 Å². The van der Waals surface area contributed by atoms with Crippen molar-refractivity contribution in [2.45, 2.75) is 169 Å². The molecule has 24 nitrogen and oxygen atoms in total. The number of likely N-dealkylation sites (tertiary alicyclic amines) is 3. The quantitative estimate of drug-likeness (QED) is 0.0373. The van der Waals surface area contributed by atoms with E-state index < -0.39 is 70.8 Å². The summed E-state index contributed by atoms with van der Waals surface area (Å²) in [5, 5.41) is 16.2. The molecule has 5 aromatic carbocycles. The smallest absolute Gasteiger partial charge is 1.00 e. The molecule has 0 bridgehead atoms. The van der Waals surface area contributed by atoms with Crippen LogP contribution in [-0.2, 0) is 102 Å². The first-order chi connectivity index (χ1) is 49.7. The van der Waals surface area contributed by atoms with E-state index in [9.17, 15) is 53.1 Å². The van der Waals surface area contributed by atoms with Crippen molar-refractivity contribution in [3.63, 3.8) is 0 Å². The van der Waals surface area contributed by atoms with Crippen LogP contribution in [0.15, 0.2) is 174 Å². The van der Waals surface area contributed by atoms with E-state index in [1.54, 1.807) is 28.5 Å². The van der Waals surface area contributed by atoms with Gasteiger partial charge < -0.3 is 80.2 Å². The number of carbonyl (C=O) groups is 10. The molecule has 0 saturated carbocycles. The SMILES string of the molecule is CC1(C)OC(=O)C(=C2CCCN(C(=O)OCc3ccccc3)CC2)C(=O)O1.CC1(C)OC(=O)C(C2(Cc3ccccc3)CCCN(C(=O)OCc3ccccc3)CC2)=C([O-])O1.CC1(C)OC(=O)CC(=O)O1.O=C1CCCN(C(=O)OCc2ccccc2)CC1.O=C1CCCNCC1.[CH2-]c1ccccc1.[Cl-].[Mg+2].[Na+]. The molecule has 7 heterocycles. The van der Waals surface area contributed by atoms with E-state index in [0.717, 1.165) is 66.6 Å². The van der Waals surface area contributed by atoms with E-state index >= 15 is 0 Å². The maximum atomic E-state index is 13.0. The molecular weight excluding hydrogens is 1420 g/mol. The standard InChI is InChI=1S/C27H31NO6.C20H23NO6.C14H17NO3.C7H7.C6H11NO.C6H8O4.ClH.Mg.Na/c1-26(2)33-23(29)22(24(30)34-26)27(18-20-10-5-3-6-11-20)14-9-16-28(17-15-27)25(31)32-19-21-12-7-4-8-13-21;1-20(2)26-17(22)16(18(23)27-20)15-9-6-11-21(12-10-15)19(24)25-13-14-7-4-3-5-8-14;16-13-7-4-9-15(10-8-13)14(17)18-11-12-5-2-1-3-6-12;1-7-5-3-2-4-6-7;8-6-2-1-4-7-5-3-6;1-6(2)9-4(7)3-5(8)10-6;;;/h3-8,10-13,29H,9,14-19H2,1-2H3;3-5,7-8H,6,9-13H2,1-2H3;1-3,5-6H,4,7-11H2;2-6H,1H2;7H,1-5H2;3H2,1-2H3;1H;;/q;;;-1;;;;+2;+1/p-2. The predicted octanol–water partition coefficient (Wildman–Crippen LogP) is 5.28. The Morgan fingerprint density at radius 3 is 1.30 bits per heavy atom. The number of nitrogens with one attached hydrogen (secondary N) is 1. The molecule has 0 radical (unpaired) electrons. The fourth-order valence-corrected chi connectivity index (χ4v) is 12.0. The molecule has 27 heteroatoms. The Kier molecular flexibility index (Phi) is 38.6. The zero-order valence-electron chi connectivity index (χ0n) is 62.4. The van der Waals surface area contributed by atoms with Crippen LogP contribution in [0, 0.1) is 12.3 Å². The zero-order chi connectivity index (χ0) is 75.1. The maximum Gasteiger partial charge on any atom is 2.00 e. The van der Waals surface area contributed by atoms with Crippen LogP contribution in [0.3, 0.4) is 0 Å². The summed E-state index contributed by atoms with van der Waals surface area (Å²) in [6, 6.07) is 48.1. The van der Waals surface area contributed by atoms with Crippen LogP contribution in [0.25, 0.3) is 0 Å². The molecule has 12 rings (SSSR count). The summed E-state index contributed by atoms with van der Waals surface area (Å²) >= 11 is 0. The van der Waals surface area contributed by atoms with Crippen molar-refractivity contribution in [1.29, 1.82) is 0 Å². The van der Waals surface area contributed by atoms with E-state index in [4.69, 9.17) is 33.2 Å². The van der Waals surface area contributed by atoms with Gasteiger partial charge in [0, 0.05) is 105 Å². The summed E-state index contributed by atoms with van der Waals surface area (Å²) < 4.78 is 46.7. The average Bonchev–Trinajstić information content (AvgIpc) is 1.72. The summed E-state index contributed by atoms with van der Waals surface area (Å²) in [6.07, 6.45) is 6.50. The minimum atomic E-state index is -1.30. The Hall–Kier alpha value is -8.43. The number of hydrogen-bond acceptors (Lipinski definition) is 21.